The molecule has 0 amide bonds. The SMILES string of the molecule is CC[C@H]1OC(=O)[C@H](C)[C@@H](O[C@H]2C[C@@](C)(OC)[C@@H](O)[C@H](C)O2)[C@H](C)[C@@H](O[C@@H]2OCC[C@H](N(C)C)[C@H]2OC(=O)[C@@H](C)O)[C@](C)(O)C[C@@H](C)CN(C)[C@H](C)[C@@H](O)[C@]1(C)O. The molecule has 0 saturated carbocycles. The Bertz CT molecular complexity index is 1270. The van der Waals surface area contributed by atoms with Crippen molar-refractivity contribution in [3.05, 3.63) is 0 Å². The second-order valence-corrected chi connectivity index (χ2v) is 17.7. The van der Waals surface area contributed by atoms with Gasteiger partial charge in [0.05, 0.1) is 48.1 Å². The summed E-state index contributed by atoms with van der Waals surface area (Å²) in [5.41, 5.74) is -4.54. The van der Waals surface area contributed by atoms with Gasteiger partial charge in [0.15, 0.2) is 18.7 Å². The number of carbonyl (C=O) groups excluding carboxylic acids is 2. The highest BCUT2D eigenvalue weighted by Crippen LogP contribution is 2.40. The normalized spacial score (nSPS) is 46.0. The van der Waals surface area contributed by atoms with Crippen LogP contribution in [0.1, 0.15) is 94.9 Å². The van der Waals surface area contributed by atoms with Gasteiger partial charge in [-0.2, -0.15) is 0 Å². The van der Waals surface area contributed by atoms with Gasteiger partial charge < -0.3 is 68.5 Å². The van der Waals surface area contributed by atoms with Crippen LogP contribution < -0.4 is 0 Å². The molecule has 0 aliphatic carbocycles. The summed E-state index contributed by atoms with van der Waals surface area (Å²) in [5.74, 6) is -3.69. The van der Waals surface area contributed by atoms with Gasteiger partial charge in [0, 0.05) is 32.0 Å². The number of aliphatic hydroxyl groups is 5. The van der Waals surface area contributed by atoms with E-state index in [0.717, 1.165) is 0 Å². The zero-order valence-corrected chi connectivity index (χ0v) is 36.2. The summed E-state index contributed by atoms with van der Waals surface area (Å²) in [7, 11) is 6.98. The Morgan fingerprint density at radius 3 is 2.20 bits per heavy atom. The number of hydrogen-bond donors (Lipinski definition) is 5. The van der Waals surface area contributed by atoms with Crippen LogP contribution in [0, 0.1) is 17.8 Å². The predicted molar refractivity (Wildman–Crippen MR) is 205 cm³/mol. The van der Waals surface area contributed by atoms with E-state index in [1.165, 1.54) is 21.0 Å². The van der Waals surface area contributed by atoms with Crippen LogP contribution in [0.2, 0.25) is 0 Å². The first kappa shape index (κ1) is 48.8. The van der Waals surface area contributed by atoms with Crippen LogP contribution in [0.4, 0.5) is 0 Å². The van der Waals surface area contributed by atoms with Crippen molar-refractivity contribution in [1.82, 2.24) is 9.80 Å². The summed E-state index contributed by atoms with van der Waals surface area (Å²) in [6.45, 7) is 17.4. The number of nitrogens with zero attached hydrogens (tertiary/aromatic N) is 2. The Labute approximate surface area is 334 Å². The third kappa shape index (κ3) is 11.2. The van der Waals surface area contributed by atoms with Crippen molar-refractivity contribution in [3.8, 4) is 0 Å². The van der Waals surface area contributed by atoms with Crippen molar-refractivity contribution in [3.63, 3.8) is 0 Å². The number of likely N-dealkylation sites (N-methyl/N-ethyl adjacent to an activating group) is 2. The Kier molecular flexibility index (Phi) is 17.2. The van der Waals surface area contributed by atoms with Crippen LogP contribution in [-0.4, -0.2) is 179 Å². The summed E-state index contributed by atoms with van der Waals surface area (Å²) in [4.78, 5) is 30.9. The Morgan fingerprint density at radius 1 is 1.02 bits per heavy atom. The minimum atomic E-state index is -1.83. The fraction of sp³-hybridized carbons (Fsp3) is 0.950. The highest BCUT2D eigenvalue weighted by Gasteiger charge is 2.53. The molecule has 56 heavy (non-hydrogen) atoms. The molecule has 0 bridgehead atoms. The topological polar surface area (TPSA) is 206 Å². The smallest absolute Gasteiger partial charge is 0.335 e. The Balaban J connectivity index is 2.22. The van der Waals surface area contributed by atoms with Crippen molar-refractivity contribution in [2.75, 3.05) is 41.4 Å². The fourth-order valence-electron chi connectivity index (χ4n) is 8.86. The van der Waals surface area contributed by atoms with Gasteiger partial charge in [0.2, 0.25) is 0 Å². The third-order valence-electron chi connectivity index (χ3n) is 12.5. The van der Waals surface area contributed by atoms with Crippen LogP contribution in [-0.2, 0) is 42.7 Å². The number of esters is 2. The quantitative estimate of drug-likeness (QED) is 0.209. The minimum Gasteiger partial charge on any atom is -0.459 e. The van der Waals surface area contributed by atoms with Gasteiger partial charge in [-0.3, -0.25) is 4.79 Å². The first-order valence-electron chi connectivity index (χ1n) is 20.2. The molecule has 0 unspecified atom stereocenters. The standard InChI is InChI=1S/C40H74N2O14/c1-15-28-40(10,49)32(44)24(5)42(13)20-21(2)18-38(8,48)34(56-37-31(55-36(47)25(6)43)27(41(11)12)16-17-51-37)22(3)30(23(4)35(46)53-28)54-29-19-39(9,50-14)33(45)26(7)52-29/h21-34,37,43-45,48-49H,15-20H2,1-14H3/t21-,22+,23-,24-,25-,26+,27+,28-,29+,30+,31-,32-,33+,34-,37+,38-,39-,40-/m1/s1. The van der Waals surface area contributed by atoms with E-state index in [-0.39, 0.29) is 37.8 Å². The van der Waals surface area contributed by atoms with E-state index < -0.39 is 108 Å². The molecule has 3 aliphatic rings. The summed E-state index contributed by atoms with van der Waals surface area (Å²) in [6, 6.07) is -0.942. The van der Waals surface area contributed by atoms with Gasteiger partial charge in [0.25, 0.3) is 0 Å². The van der Waals surface area contributed by atoms with Gasteiger partial charge in [-0.25, -0.2) is 4.79 Å². The minimum absolute atomic E-state index is 0.0925. The molecular formula is C40H74N2O14. The van der Waals surface area contributed by atoms with E-state index >= 15 is 0 Å². The molecule has 5 N–H and O–H groups in total. The zero-order chi connectivity index (χ0) is 42.7. The first-order valence-corrected chi connectivity index (χ1v) is 20.2. The lowest BCUT2D eigenvalue weighted by molar-refractivity contribution is -0.314. The van der Waals surface area contributed by atoms with Crippen LogP contribution in [0.25, 0.3) is 0 Å². The van der Waals surface area contributed by atoms with E-state index in [2.05, 4.69) is 0 Å². The molecule has 3 fully saturated rings. The molecule has 3 saturated heterocycles. The molecule has 0 aromatic rings. The van der Waals surface area contributed by atoms with Gasteiger partial charge in [0.1, 0.15) is 30.0 Å². The second kappa shape index (κ2) is 19.7. The van der Waals surface area contributed by atoms with Crippen molar-refractivity contribution in [2.24, 2.45) is 17.8 Å². The molecule has 3 heterocycles. The van der Waals surface area contributed by atoms with Crippen molar-refractivity contribution in [1.29, 1.82) is 0 Å². The molecule has 3 rings (SSSR count). The average molecular weight is 807 g/mol. The number of hydrogen-bond acceptors (Lipinski definition) is 16. The van der Waals surface area contributed by atoms with Gasteiger partial charge in [-0.15, -0.1) is 0 Å². The van der Waals surface area contributed by atoms with Crippen molar-refractivity contribution >= 4 is 11.9 Å². The predicted octanol–water partition coefficient (Wildman–Crippen LogP) is 1.44. The van der Waals surface area contributed by atoms with Crippen molar-refractivity contribution < 1.29 is 68.3 Å². The maximum Gasteiger partial charge on any atom is 0.335 e. The first-order chi connectivity index (χ1) is 25.8. The van der Waals surface area contributed by atoms with Gasteiger partial charge in [-0.1, -0.05) is 20.8 Å². The molecule has 16 heteroatoms. The van der Waals surface area contributed by atoms with Crippen LogP contribution in [0.15, 0.2) is 0 Å². The molecular weight excluding hydrogens is 732 g/mol. The zero-order valence-electron chi connectivity index (χ0n) is 36.2. The molecule has 0 aromatic carbocycles. The average Bonchev–Trinajstić information content (AvgIpc) is 3.11. The lowest BCUT2D eigenvalue weighted by Gasteiger charge is -2.48. The third-order valence-corrected chi connectivity index (χ3v) is 12.5. The van der Waals surface area contributed by atoms with E-state index in [1.54, 1.807) is 48.5 Å². The summed E-state index contributed by atoms with van der Waals surface area (Å²) < 4.78 is 43.5. The highest BCUT2D eigenvalue weighted by molar-refractivity contribution is 5.74. The van der Waals surface area contributed by atoms with Gasteiger partial charge >= 0.3 is 11.9 Å². The lowest BCUT2D eigenvalue weighted by atomic mass is 9.77. The fourth-order valence-corrected chi connectivity index (χ4v) is 8.86. The summed E-state index contributed by atoms with van der Waals surface area (Å²) >= 11 is 0. The van der Waals surface area contributed by atoms with E-state index in [4.69, 9.17) is 33.2 Å². The second-order valence-electron chi connectivity index (χ2n) is 17.7. The number of methoxy groups -OCH3 is 1. The number of cyclic esters (lactones) is 1. The molecule has 16 nitrogen and oxygen atoms in total. The van der Waals surface area contributed by atoms with Crippen molar-refractivity contribution in [2.45, 2.75) is 185 Å². The summed E-state index contributed by atoms with van der Waals surface area (Å²) in [6.07, 6.45) is -9.99. The van der Waals surface area contributed by atoms with Crippen LogP contribution in [0.3, 0.4) is 0 Å². The number of carbonyl (C=O) groups is 2. The maximum absolute atomic E-state index is 14.3. The van der Waals surface area contributed by atoms with E-state index in [0.29, 0.717) is 13.0 Å². The molecule has 328 valence electrons. The Morgan fingerprint density at radius 2 is 1.64 bits per heavy atom. The molecule has 3 aliphatic heterocycles. The maximum atomic E-state index is 14.3. The largest absolute Gasteiger partial charge is 0.459 e. The number of aliphatic hydroxyl groups excluding tert-OH is 3. The van der Waals surface area contributed by atoms with E-state index in [1.807, 2.05) is 37.9 Å². The van der Waals surface area contributed by atoms with Gasteiger partial charge in [-0.05, 0) is 94.8 Å². The number of rotatable bonds is 9. The van der Waals surface area contributed by atoms with Crippen LogP contribution >= 0.6 is 0 Å². The number of ether oxygens (including phenoxy) is 7. The highest BCUT2D eigenvalue weighted by atomic mass is 16.7. The molecule has 0 aromatic heterocycles. The monoisotopic (exact) mass is 807 g/mol. The van der Waals surface area contributed by atoms with Crippen LogP contribution in [0.5, 0.6) is 0 Å². The summed E-state index contributed by atoms with van der Waals surface area (Å²) in [5, 5.41) is 57.0. The molecule has 0 radical (unpaired) electrons. The lowest BCUT2D eigenvalue weighted by Crippen LogP contribution is -2.60. The molecule has 18 atom stereocenters. The van der Waals surface area contributed by atoms with E-state index in [9.17, 15) is 35.1 Å². The molecule has 0 spiro atoms. The Hall–Kier alpha value is -1.54.